The van der Waals surface area contributed by atoms with Gasteiger partial charge in [-0.1, -0.05) is 5.21 Å². The number of hydrogen-bond acceptors (Lipinski definition) is 5. The van der Waals surface area contributed by atoms with E-state index in [0.29, 0.717) is 12.5 Å². The molecule has 0 amide bonds. The molecule has 0 spiro atoms. The molecular formula is C9H14N4O2. The normalized spacial score (nSPS) is 16.1. The number of carbonyl (C=O) groups is 1. The van der Waals surface area contributed by atoms with Crippen molar-refractivity contribution in [2.75, 3.05) is 19.7 Å². The average molecular weight is 210 g/mol. The molecule has 1 aliphatic rings. The summed E-state index contributed by atoms with van der Waals surface area (Å²) in [6, 6.07) is 0. The molecule has 1 aromatic heterocycles. The summed E-state index contributed by atoms with van der Waals surface area (Å²) in [5.74, 6) is 0.192. The molecule has 6 nitrogen and oxygen atoms in total. The van der Waals surface area contributed by atoms with Gasteiger partial charge in [-0.3, -0.25) is 4.68 Å². The minimum atomic E-state index is -0.407. The standard InChI is InChI=1S/C9H14N4O2/c1-2-15-9(14)8-6-13(12-11-8)5-7-3-10-4-7/h6-7,10H,2-5H2,1H3. The first kappa shape index (κ1) is 10.1. The van der Waals surface area contributed by atoms with Gasteiger partial charge in [0.1, 0.15) is 0 Å². The van der Waals surface area contributed by atoms with Gasteiger partial charge in [0, 0.05) is 25.6 Å². The number of hydrogen-bond donors (Lipinski definition) is 1. The summed E-state index contributed by atoms with van der Waals surface area (Å²) in [6.45, 7) is 4.95. The molecule has 0 unspecified atom stereocenters. The first-order valence-corrected chi connectivity index (χ1v) is 5.07. The van der Waals surface area contributed by atoms with Crippen LogP contribution in [0.25, 0.3) is 0 Å². The smallest absolute Gasteiger partial charge is 0.360 e. The fourth-order valence-electron chi connectivity index (χ4n) is 1.43. The molecule has 1 N–H and O–H groups in total. The molecule has 0 saturated carbocycles. The van der Waals surface area contributed by atoms with E-state index < -0.39 is 5.97 Å². The molecule has 15 heavy (non-hydrogen) atoms. The van der Waals surface area contributed by atoms with Crippen LogP contribution in [0.4, 0.5) is 0 Å². The lowest BCUT2D eigenvalue weighted by Gasteiger charge is -2.26. The maximum absolute atomic E-state index is 11.3. The van der Waals surface area contributed by atoms with Gasteiger partial charge in [-0.15, -0.1) is 5.10 Å². The second kappa shape index (κ2) is 4.39. The number of esters is 1. The lowest BCUT2D eigenvalue weighted by atomic mass is 10.0. The van der Waals surface area contributed by atoms with Crippen molar-refractivity contribution in [1.82, 2.24) is 20.3 Å². The molecule has 1 saturated heterocycles. The van der Waals surface area contributed by atoms with Gasteiger partial charge >= 0.3 is 5.97 Å². The zero-order valence-electron chi connectivity index (χ0n) is 8.64. The van der Waals surface area contributed by atoms with Crippen LogP contribution >= 0.6 is 0 Å². The molecule has 1 aromatic rings. The summed E-state index contributed by atoms with van der Waals surface area (Å²) < 4.78 is 6.51. The number of nitrogens with one attached hydrogen (secondary N) is 1. The van der Waals surface area contributed by atoms with Crippen molar-refractivity contribution in [2.24, 2.45) is 5.92 Å². The van der Waals surface area contributed by atoms with E-state index in [2.05, 4.69) is 15.6 Å². The van der Waals surface area contributed by atoms with Crippen LogP contribution in [-0.4, -0.2) is 40.7 Å². The molecule has 0 radical (unpaired) electrons. The van der Waals surface area contributed by atoms with Gasteiger partial charge in [-0.05, 0) is 6.92 Å². The summed E-state index contributed by atoms with van der Waals surface area (Å²) in [5.41, 5.74) is 0.282. The Balaban J connectivity index is 1.93. The molecule has 0 bridgehead atoms. The summed E-state index contributed by atoms with van der Waals surface area (Å²) >= 11 is 0. The van der Waals surface area contributed by atoms with Crippen LogP contribution in [0.3, 0.4) is 0 Å². The third-order valence-electron chi connectivity index (χ3n) is 2.33. The fraction of sp³-hybridized carbons (Fsp3) is 0.667. The zero-order chi connectivity index (χ0) is 10.7. The van der Waals surface area contributed by atoms with E-state index in [1.165, 1.54) is 0 Å². The topological polar surface area (TPSA) is 69.0 Å². The molecule has 6 heteroatoms. The van der Waals surface area contributed by atoms with E-state index in [4.69, 9.17) is 4.74 Å². The number of aromatic nitrogens is 3. The SMILES string of the molecule is CCOC(=O)c1cn(CC2CNC2)nn1. The number of rotatable bonds is 4. The number of nitrogens with zero attached hydrogens (tertiary/aromatic N) is 3. The Bertz CT molecular complexity index is 346. The van der Waals surface area contributed by atoms with Gasteiger partial charge < -0.3 is 10.1 Å². The van der Waals surface area contributed by atoms with Crippen molar-refractivity contribution in [1.29, 1.82) is 0 Å². The molecule has 2 heterocycles. The summed E-state index contributed by atoms with van der Waals surface area (Å²) in [6.07, 6.45) is 1.64. The Kier molecular flexibility index (Phi) is 2.96. The molecule has 0 aromatic carbocycles. The fourth-order valence-corrected chi connectivity index (χ4v) is 1.43. The molecule has 0 atom stereocenters. The summed E-state index contributed by atoms with van der Waals surface area (Å²) in [5, 5.41) is 10.8. The highest BCUT2D eigenvalue weighted by atomic mass is 16.5. The van der Waals surface area contributed by atoms with Crippen LogP contribution in [0, 0.1) is 5.92 Å². The van der Waals surface area contributed by atoms with E-state index in [1.54, 1.807) is 17.8 Å². The Morgan fingerprint density at radius 2 is 2.53 bits per heavy atom. The summed E-state index contributed by atoms with van der Waals surface area (Å²) in [4.78, 5) is 11.3. The Morgan fingerprint density at radius 3 is 3.13 bits per heavy atom. The lowest BCUT2D eigenvalue weighted by molar-refractivity contribution is 0.0519. The minimum Gasteiger partial charge on any atom is -0.461 e. The third-order valence-corrected chi connectivity index (χ3v) is 2.33. The molecule has 1 fully saturated rings. The van der Waals surface area contributed by atoms with Crippen molar-refractivity contribution in [3.8, 4) is 0 Å². The third kappa shape index (κ3) is 2.33. The second-order valence-electron chi connectivity index (χ2n) is 3.57. The van der Waals surface area contributed by atoms with Crippen LogP contribution in [0.5, 0.6) is 0 Å². The van der Waals surface area contributed by atoms with Crippen molar-refractivity contribution in [2.45, 2.75) is 13.5 Å². The van der Waals surface area contributed by atoms with Crippen LogP contribution < -0.4 is 5.32 Å². The van der Waals surface area contributed by atoms with Gasteiger partial charge in [0.2, 0.25) is 0 Å². The maximum Gasteiger partial charge on any atom is 0.360 e. The van der Waals surface area contributed by atoms with Crippen molar-refractivity contribution < 1.29 is 9.53 Å². The van der Waals surface area contributed by atoms with Crippen molar-refractivity contribution >= 4 is 5.97 Å². The van der Waals surface area contributed by atoms with Gasteiger partial charge in [0.15, 0.2) is 5.69 Å². The highest BCUT2D eigenvalue weighted by Crippen LogP contribution is 2.06. The van der Waals surface area contributed by atoms with Crippen LogP contribution in [0.1, 0.15) is 17.4 Å². The highest BCUT2D eigenvalue weighted by Gasteiger charge is 2.19. The van der Waals surface area contributed by atoms with E-state index in [1.807, 2.05) is 0 Å². The maximum atomic E-state index is 11.3. The molecule has 82 valence electrons. The predicted molar refractivity (Wildman–Crippen MR) is 52.3 cm³/mol. The first-order chi connectivity index (χ1) is 7.29. The molecule has 1 aliphatic heterocycles. The van der Waals surface area contributed by atoms with E-state index >= 15 is 0 Å². The van der Waals surface area contributed by atoms with Crippen LogP contribution in [0.2, 0.25) is 0 Å². The highest BCUT2D eigenvalue weighted by molar-refractivity contribution is 5.86. The first-order valence-electron chi connectivity index (χ1n) is 5.07. The van der Waals surface area contributed by atoms with Crippen LogP contribution in [-0.2, 0) is 11.3 Å². The summed E-state index contributed by atoms with van der Waals surface area (Å²) in [7, 11) is 0. The van der Waals surface area contributed by atoms with Crippen molar-refractivity contribution in [3.05, 3.63) is 11.9 Å². The van der Waals surface area contributed by atoms with E-state index in [-0.39, 0.29) is 5.69 Å². The molecule has 2 rings (SSSR count). The monoisotopic (exact) mass is 210 g/mol. The largest absolute Gasteiger partial charge is 0.461 e. The van der Waals surface area contributed by atoms with Gasteiger partial charge in [0.05, 0.1) is 12.8 Å². The lowest BCUT2D eigenvalue weighted by Crippen LogP contribution is -2.44. The predicted octanol–water partition coefficient (Wildman–Crippen LogP) is -0.326. The van der Waals surface area contributed by atoms with E-state index in [0.717, 1.165) is 19.6 Å². The Hall–Kier alpha value is -1.43. The Labute approximate surface area is 87.6 Å². The zero-order valence-corrected chi connectivity index (χ0v) is 8.64. The van der Waals surface area contributed by atoms with E-state index in [9.17, 15) is 4.79 Å². The molecular weight excluding hydrogens is 196 g/mol. The van der Waals surface area contributed by atoms with Crippen LogP contribution in [0.15, 0.2) is 6.20 Å². The Morgan fingerprint density at radius 1 is 1.73 bits per heavy atom. The number of ether oxygens (including phenoxy) is 1. The number of carbonyl (C=O) groups excluding carboxylic acids is 1. The average Bonchev–Trinajstić information content (AvgIpc) is 2.60. The van der Waals surface area contributed by atoms with Gasteiger partial charge in [-0.25, -0.2) is 4.79 Å². The molecule has 0 aliphatic carbocycles. The van der Waals surface area contributed by atoms with Crippen molar-refractivity contribution in [3.63, 3.8) is 0 Å². The minimum absolute atomic E-state index is 0.282. The second-order valence-corrected chi connectivity index (χ2v) is 3.57. The van der Waals surface area contributed by atoms with Gasteiger partial charge in [-0.2, -0.15) is 0 Å². The quantitative estimate of drug-likeness (QED) is 0.689. The van der Waals surface area contributed by atoms with Gasteiger partial charge in [0.25, 0.3) is 0 Å².